The molecule has 0 aromatic heterocycles. The minimum atomic E-state index is -0.796. The second-order valence-corrected chi connectivity index (χ2v) is 4.68. The van der Waals surface area contributed by atoms with Crippen molar-refractivity contribution < 1.29 is 9.90 Å². The fourth-order valence-electron chi connectivity index (χ4n) is 1.66. The first-order valence-corrected chi connectivity index (χ1v) is 6.39. The Labute approximate surface area is 99.3 Å². The Morgan fingerprint density at radius 3 is 2.81 bits per heavy atom. The Kier molecular flexibility index (Phi) is 5.48. The number of carboxylic acid groups (broad SMARTS) is 1. The van der Waals surface area contributed by atoms with Gasteiger partial charge in [-0.2, -0.15) is 0 Å². The van der Waals surface area contributed by atoms with Crippen LogP contribution in [-0.4, -0.2) is 11.1 Å². The highest BCUT2D eigenvalue weighted by Crippen LogP contribution is 2.24. The molecule has 0 heterocycles. The lowest BCUT2D eigenvalue weighted by Crippen LogP contribution is -2.04. The van der Waals surface area contributed by atoms with Crippen LogP contribution in [0.15, 0.2) is 24.3 Å². The molecule has 88 valence electrons. The number of carboxylic acids is 1. The van der Waals surface area contributed by atoms with E-state index in [1.165, 1.54) is 24.8 Å². The van der Waals surface area contributed by atoms with Crippen LogP contribution < -0.4 is 0 Å². The zero-order valence-electron chi connectivity index (χ0n) is 9.65. The second-order valence-electron chi connectivity index (χ2n) is 4.02. The van der Waals surface area contributed by atoms with Gasteiger partial charge in [0.25, 0.3) is 0 Å². The molecule has 0 aliphatic carbocycles. The third-order valence-electron chi connectivity index (χ3n) is 2.65. The molecule has 2 nitrogen and oxygen atoms in total. The lowest BCUT2D eigenvalue weighted by molar-refractivity contribution is -0.136. The topological polar surface area (TPSA) is 37.3 Å². The Hall–Kier alpha value is -0.880. The molecular weight excluding hydrogens is 219 g/mol. The van der Waals surface area contributed by atoms with Gasteiger partial charge in [0.2, 0.25) is 0 Å². The summed E-state index contributed by atoms with van der Waals surface area (Å²) in [5.74, 6) is -0.796. The Morgan fingerprint density at radius 1 is 1.44 bits per heavy atom. The van der Waals surface area contributed by atoms with E-state index in [-0.39, 0.29) is 0 Å². The Morgan fingerprint density at radius 2 is 2.19 bits per heavy atom. The molecule has 0 saturated heterocycles. The predicted molar refractivity (Wildman–Crippen MR) is 69.8 cm³/mol. The van der Waals surface area contributed by atoms with Gasteiger partial charge in [0.05, 0.1) is 5.66 Å². The largest absolute Gasteiger partial charge is 0.481 e. The molecule has 1 aromatic rings. The zero-order chi connectivity index (χ0) is 12.0. The van der Waals surface area contributed by atoms with Crippen molar-refractivity contribution in [3.63, 3.8) is 0 Å². The van der Waals surface area contributed by atoms with Crippen molar-refractivity contribution in [2.24, 2.45) is 0 Å². The number of aryl methyl sites for hydroxylation is 1. The van der Waals surface area contributed by atoms with E-state index in [1.54, 1.807) is 0 Å². The van der Waals surface area contributed by atoms with Gasteiger partial charge in [-0.3, -0.25) is 4.79 Å². The number of benzene rings is 1. The molecule has 0 amide bonds. The summed E-state index contributed by atoms with van der Waals surface area (Å²) in [5, 5.41) is 8.92. The first-order chi connectivity index (χ1) is 7.65. The van der Waals surface area contributed by atoms with Gasteiger partial charge in [0.1, 0.15) is 0 Å². The number of carbonyl (C=O) groups is 1. The zero-order valence-corrected chi connectivity index (χ0v) is 10.8. The van der Waals surface area contributed by atoms with Crippen LogP contribution >= 0.6 is 9.24 Å². The molecule has 2 unspecified atom stereocenters. The molecule has 1 aromatic carbocycles. The summed E-state index contributed by atoms with van der Waals surface area (Å²) in [4.78, 5) is 10.9. The van der Waals surface area contributed by atoms with E-state index < -0.39 is 11.6 Å². The monoisotopic (exact) mass is 238 g/mol. The Bertz CT molecular complexity index is 350. The number of hydrogen-bond acceptors (Lipinski definition) is 1. The van der Waals surface area contributed by atoms with Crippen LogP contribution in [0.4, 0.5) is 0 Å². The average molecular weight is 238 g/mol. The first kappa shape index (κ1) is 13.2. The van der Waals surface area contributed by atoms with Crippen molar-refractivity contribution >= 4 is 15.2 Å². The van der Waals surface area contributed by atoms with Gasteiger partial charge < -0.3 is 5.11 Å². The highest BCUT2D eigenvalue weighted by Gasteiger charge is 2.13. The van der Waals surface area contributed by atoms with E-state index in [1.807, 2.05) is 18.2 Å². The van der Waals surface area contributed by atoms with E-state index in [0.717, 1.165) is 12.0 Å². The van der Waals surface area contributed by atoms with Crippen molar-refractivity contribution in [2.75, 3.05) is 0 Å². The van der Waals surface area contributed by atoms with Gasteiger partial charge in [-0.1, -0.05) is 44.0 Å². The van der Waals surface area contributed by atoms with E-state index >= 15 is 0 Å². The standard InChI is InChI=1S/C13H19O2P/c1-2-3-4-6-10-7-5-8-11(9-10)12(16)13(14)15/h5,7-9,12H,2-4,6,16H2,1H3,(H,14,15). The second kappa shape index (κ2) is 6.65. The molecule has 0 bridgehead atoms. The maximum Gasteiger partial charge on any atom is 0.314 e. The van der Waals surface area contributed by atoms with Crippen LogP contribution in [0.5, 0.6) is 0 Å². The number of rotatable bonds is 6. The summed E-state index contributed by atoms with van der Waals surface area (Å²) in [6, 6.07) is 7.88. The van der Waals surface area contributed by atoms with Crippen LogP contribution in [0.1, 0.15) is 43.0 Å². The molecule has 3 heteroatoms. The molecule has 0 spiro atoms. The van der Waals surface area contributed by atoms with Crippen molar-refractivity contribution in [3.8, 4) is 0 Å². The smallest absolute Gasteiger partial charge is 0.314 e. The average Bonchev–Trinajstić information content (AvgIpc) is 2.29. The molecule has 0 aliphatic rings. The van der Waals surface area contributed by atoms with Gasteiger partial charge in [0.15, 0.2) is 0 Å². The third-order valence-corrected chi connectivity index (χ3v) is 3.32. The summed E-state index contributed by atoms with van der Waals surface area (Å²) in [7, 11) is 2.37. The first-order valence-electron chi connectivity index (χ1n) is 5.72. The van der Waals surface area contributed by atoms with Gasteiger partial charge in [-0.05, 0) is 24.0 Å². The quantitative estimate of drug-likeness (QED) is 0.609. The number of hydrogen-bond donors (Lipinski definition) is 1. The van der Waals surface area contributed by atoms with E-state index in [4.69, 9.17) is 5.11 Å². The summed E-state index contributed by atoms with van der Waals surface area (Å²) in [5.41, 5.74) is 1.61. The normalized spacial score (nSPS) is 12.4. The fourth-order valence-corrected chi connectivity index (χ4v) is 1.87. The third kappa shape index (κ3) is 3.94. The summed E-state index contributed by atoms with van der Waals surface area (Å²) >= 11 is 0. The van der Waals surface area contributed by atoms with Gasteiger partial charge >= 0.3 is 5.97 Å². The SMILES string of the molecule is CCCCCc1cccc(C(P)C(=O)O)c1. The molecule has 1 N–H and O–H groups in total. The van der Waals surface area contributed by atoms with Gasteiger partial charge in [0, 0.05) is 0 Å². The minimum absolute atomic E-state index is 0.494. The van der Waals surface area contributed by atoms with Crippen LogP contribution in [0, 0.1) is 0 Å². The van der Waals surface area contributed by atoms with E-state index in [9.17, 15) is 4.79 Å². The van der Waals surface area contributed by atoms with Crippen LogP contribution in [0.25, 0.3) is 0 Å². The van der Waals surface area contributed by atoms with Crippen LogP contribution in [-0.2, 0) is 11.2 Å². The van der Waals surface area contributed by atoms with Gasteiger partial charge in [-0.25, -0.2) is 0 Å². The number of aliphatic carboxylic acids is 1. The highest BCUT2D eigenvalue weighted by atomic mass is 31.0. The highest BCUT2D eigenvalue weighted by molar-refractivity contribution is 7.18. The summed E-state index contributed by atoms with van der Waals surface area (Å²) in [6.45, 7) is 2.18. The maximum absolute atomic E-state index is 10.9. The van der Waals surface area contributed by atoms with Gasteiger partial charge in [-0.15, -0.1) is 9.24 Å². The molecule has 0 aliphatic heterocycles. The molecule has 0 fully saturated rings. The maximum atomic E-state index is 10.9. The molecule has 0 saturated carbocycles. The van der Waals surface area contributed by atoms with E-state index in [2.05, 4.69) is 22.2 Å². The van der Waals surface area contributed by atoms with Crippen molar-refractivity contribution in [3.05, 3.63) is 35.4 Å². The minimum Gasteiger partial charge on any atom is -0.481 e. The Balaban J connectivity index is 2.67. The van der Waals surface area contributed by atoms with Crippen LogP contribution in [0.2, 0.25) is 0 Å². The van der Waals surface area contributed by atoms with Crippen LogP contribution in [0.3, 0.4) is 0 Å². The van der Waals surface area contributed by atoms with Crippen molar-refractivity contribution in [1.82, 2.24) is 0 Å². The number of unbranched alkanes of at least 4 members (excludes halogenated alkanes) is 2. The molecular formula is C13H19O2P. The van der Waals surface area contributed by atoms with Crippen molar-refractivity contribution in [2.45, 2.75) is 38.3 Å². The fraction of sp³-hybridized carbons (Fsp3) is 0.462. The lowest BCUT2D eigenvalue weighted by atomic mass is 10.0. The molecule has 0 radical (unpaired) electrons. The summed E-state index contributed by atoms with van der Waals surface area (Å²) in [6.07, 6.45) is 4.65. The molecule has 1 rings (SSSR count). The molecule has 16 heavy (non-hydrogen) atoms. The summed E-state index contributed by atoms with van der Waals surface area (Å²) < 4.78 is 0. The van der Waals surface area contributed by atoms with E-state index in [0.29, 0.717) is 0 Å². The molecule has 2 atom stereocenters. The van der Waals surface area contributed by atoms with Crippen molar-refractivity contribution in [1.29, 1.82) is 0 Å². The predicted octanol–water partition coefficient (Wildman–Crippen LogP) is 3.42. The lowest BCUT2D eigenvalue weighted by Gasteiger charge is -2.08.